The lowest BCUT2D eigenvalue weighted by molar-refractivity contribution is -0.162. The molecule has 0 unspecified atom stereocenters. The van der Waals surface area contributed by atoms with Crippen LogP contribution in [0.4, 0.5) is 0 Å². The molecule has 2 aliphatic rings. The number of amides is 4. The van der Waals surface area contributed by atoms with Gasteiger partial charge in [-0.25, -0.2) is 0 Å². The Morgan fingerprint density at radius 1 is 1.11 bits per heavy atom. The number of likely N-dealkylation sites (N-methyl/N-ethyl adjacent to an activating group) is 1. The molecule has 150 valence electrons. The minimum Gasteiger partial charge on any atom is -0.362 e. The highest BCUT2D eigenvalue weighted by Crippen LogP contribution is 2.15. The first-order valence-corrected chi connectivity index (χ1v) is 9.18. The van der Waals surface area contributed by atoms with E-state index in [0.717, 1.165) is 10.5 Å². The first-order valence-electron chi connectivity index (χ1n) is 9.18. The van der Waals surface area contributed by atoms with Crippen molar-refractivity contribution in [1.82, 2.24) is 20.0 Å². The van der Waals surface area contributed by atoms with Gasteiger partial charge in [0.2, 0.25) is 11.8 Å². The standard InChI is InChI=1S/C19H24N4O5/c1-20-19(27)15-10-22(8-7-21(15)9-14-5-3-2-4-6-14)16(24)11-23-17(25)12-28-13-18(23)26/h2-6,15H,7-13H2,1H3,(H,20,27)/t15-/m0/s1. The number of hydrogen-bond donors (Lipinski definition) is 1. The molecule has 2 heterocycles. The van der Waals surface area contributed by atoms with E-state index < -0.39 is 17.9 Å². The van der Waals surface area contributed by atoms with Crippen molar-refractivity contribution in [2.75, 3.05) is 46.4 Å². The Hall–Kier alpha value is -2.78. The summed E-state index contributed by atoms with van der Waals surface area (Å²) in [7, 11) is 1.56. The van der Waals surface area contributed by atoms with E-state index in [-0.39, 0.29) is 38.1 Å². The number of rotatable bonds is 5. The van der Waals surface area contributed by atoms with E-state index in [2.05, 4.69) is 5.32 Å². The third kappa shape index (κ3) is 4.55. The molecule has 1 aromatic rings. The highest BCUT2D eigenvalue weighted by molar-refractivity contribution is 6.01. The van der Waals surface area contributed by atoms with Crippen molar-refractivity contribution in [3.63, 3.8) is 0 Å². The maximum atomic E-state index is 12.7. The van der Waals surface area contributed by atoms with Gasteiger partial charge in [-0.1, -0.05) is 30.3 Å². The van der Waals surface area contributed by atoms with Gasteiger partial charge in [0.05, 0.1) is 0 Å². The van der Waals surface area contributed by atoms with E-state index in [4.69, 9.17) is 4.74 Å². The fourth-order valence-electron chi connectivity index (χ4n) is 3.40. The molecule has 2 aliphatic heterocycles. The van der Waals surface area contributed by atoms with Crippen LogP contribution in [-0.2, 0) is 30.5 Å². The topological polar surface area (TPSA) is 99.3 Å². The zero-order chi connectivity index (χ0) is 20.1. The number of ether oxygens (including phenoxy) is 1. The van der Waals surface area contributed by atoms with Gasteiger partial charge in [0.25, 0.3) is 11.8 Å². The lowest BCUT2D eigenvalue weighted by Gasteiger charge is -2.41. The van der Waals surface area contributed by atoms with Crippen molar-refractivity contribution >= 4 is 23.6 Å². The van der Waals surface area contributed by atoms with Gasteiger partial charge in [-0.05, 0) is 5.56 Å². The van der Waals surface area contributed by atoms with E-state index in [1.165, 1.54) is 4.90 Å². The molecule has 2 saturated heterocycles. The van der Waals surface area contributed by atoms with Gasteiger partial charge in [-0.15, -0.1) is 0 Å². The van der Waals surface area contributed by atoms with Crippen molar-refractivity contribution in [2.45, 2.75) is 12.6 Å². The average molecular weight is 388 g/mol. The number of nitrogens with zero attached hydrogens (tertiary/aromatic N) is 3. The summed E-state index contributed by atoms with van der Waals surface area (Å²) in [6.07, 6.45) is 0. The quantitative estimate of drug-likeness (QED) is 0.639. The van der Waals surface area contributed by atoms with Gasteiger partial charge in [0, 0.05) is 33.2 Å². The molecule has 0 bridgehead atoms. The molecule has 3 rings (SSSR count). The lowest BCUT2D eigenvalue weighted by atomic mass is 10.1. The molecule has 9 heteroatoms. The Morgan fingerprint density at radius 3 is 2.43 bits per heavy atom. The highest BCUT2D eigenvalue weighted by atomic mass is 16.5. The maximum absolute atomic E-state index is 12.7. The first-order chi connectivity index (χ1) is 13.5. The average Bonchev–Trinajstić information content (AvgIpc) is 2.71. The predicted molar refractivity (Wildman–Crippen MR) is 98.8 cm³/mol. The van der Waals surface area contributed by atoms with Gasteiger partial charge in [0.15, 0.2) is 0 Å². The molecule has 0 aromatic heterocycles. The molecule has 0 spiro atoms. The van der Waals surface area contributed by atoms with Crippen molar-refractivity contribution in [2.24, 2.45) is 0 Å². The van der Waals surface area contributed by atoms with Crippen LogP contribution in [-0.4, -0.2) is 90.8 Å². The number of nitrogens with one attached hydrogen (secondary N) is 1. The number of imide groups is 1. The molecule has 2 fully saturated rings. The Balaban J connectivity index is 1.66. The fourth-order valence-corrected chi connectivity index (χ4v) is 3.40. The van der Waals surface area contributed by atoms with E-state index in [1.807, 2.05) is 35.2 Å². The molecule has 4 amide bonds. The zero-order valence-electron chi connectivity index (χ0n) is 15.8. The fraction of sp³-hybridized carbons (Fsp3) is 0.474. The number of piperazine rings is 1. The molecule has 0 aliphatic carbocycles. The number of carbonyl (C=O) groups is 4. The van der Waals surface area contributed by atoms with E-state index in [0.29, 0.717) is 19.6 Å². The van der Waals surface area contributed by atoms with Crippen molar-refractivity contribution < 1.29 is 23.9 Å². The minimum atomic E-state index is -0.518. The summed E-state index contributed by atoms with van der Waals surface area (Å²) < 4.78 is 4.86. The Kier molecular flexibility index (Phi) is 6.37. The molecule has 0 saturated carbocycles. The largest absolute Gasteiger partial charge is 0.362 e. The monoisotopic (exact) mass is 388 g/mol. The second-order valence-electron chi connectivity index (χ2n) is 6.79. The van der Waals surface area contributed by atoms with Gasteiger partial charge in [0.1, 0.15) is 25.8 Å². The third-order valence-corrected chi connectivity index (χ3v) is 4.97. The van der Waals surface area contributed by atoms with Gasteiger partial charge in [-0.3, -0.25) is 29.0 Å². The van der Waals surface area contributed by atoms with Crippen LogP contribution in [0.1, 0.15) is 5.56 Å². The number of morpholine rings is 1. The van der Waals surface area contributed by atoms with E-state index in [9.17, 15) is 19.2 Å². The summed E-state index contributed by atoms with van der Waals surface area (Å²) in [4.78, 5) is 53.2. The second-order valence-corrected chi connectivity index (χ2v) is 6.79. The SMILES string of the molecule is CNC(=O)[C@@H]1CN(C(=O)CN2C(=O)COCC2=O)CCN1Cc1ccccc1. The minimum absolute atomic E-state index is 0.174. The third-order valence-electron chi connectivity index (χ3n) is 4.97. The Labute approximate surface area is 163 Å². The summed E-state index contributed by atoms with van der Waals surface area (Å²) in [6, 6.07) is 9.31. The van der Waals surface area contributed by atoms with Crippen molar-refractivity contribution in [3.05, 3.63) is 35.9 Å². The smallest absolute Gasteiger partial charge is 0.255 e. The Bertz CT molecular complexity index is 738. The van der Waals surface area contributed by atoms with Crippen LogP contribution in [0.3, 0.4) is 0 Å². The van der Waals surface area contributed by atoms with E-state index >= 15 is 0 Å². The molecular weight excluding hydrogens is 364 g/mol. The van der Waals surface area contributed by atoms with Crippen LogP contribution in [0.2, 0.25) is 0 Å². The summed E-state index contributed by atoms with van der Waals surface area (Å²) >= 11 is 0. The van der Waals surface area contributed by atoms with Crippen LogP contribution in [0, 0.1) is 0 Å². The van der Waals surface area contributed by atoms with Crippen LogP contribution < -0.4 is 5.32 Å². The molecule has 9 nitrogen and oxygen atoms in total. The molecule has 1 N–H and O–H groups in total. The number of hydrogen-bond acceptors (Lipinski definition) is 6. The van der Waals surface area contributed by atoms with Crippen LogP contribution in [0.5, 0.6) is 0 Å². The predicted octanol–water partition coefficient (Wildman–Crippen LogP) is -1.17. The number of carbonyl (C=O) groups excluding carboxylic acids is 4. The molecule has 1 aromatic carbocycles. The zero-order valence-corrected chi connectivity index (χ0v) is 15.8. The highest BCUT2D eigenvalue weighted by Gasteiger charge is 2.36. The van der Waals surface area contributed by atoms with Crippen molar-refractivity contribution in [3.8, 4) is 0 Å². The van der Waals surface area contributed by atoms with Crippen LogP contribution in [0.15, 0.2) is 30.3 Å². The molecule has 28 heavy (non-hydrogen) atoms. The van der Waals surface area contributed by atoms with Crippen LogP contribution in [0.25, 0.3) is 0 Å². The second kappa shape index (κ2) is 8.94. The van der Waals surface area contributed by atoms with Gasteiger partial charge < -0.3 is 15.0 Å². The molecule has 1 atom stereocenters. The maximum Gasteiger partial charge on any atom is 0.255 e. The molecule has 0 radical (unpaired) electrons. The van der Waals surface area contributed by atoms with Gasteiger partial charge in [-0.2, -0.15) is 0 Å². The summed E-state index contributed by atoms with van der Waals surface area (Å²) in [5.41, 5.74) is 1.08. The summed E-state index contributed by atoms with van der Waals surface area (Å²) in [5.74, 6) is -1.56. The lowest BCUT2D eigenvalue weighted by Crippen LogP contribution is -2.61. The molecular formula is C19H24N4O5. The summed E-state index contributed by atoms with van der Waals surface area (Å²) in [6.45, 7) is 1.02. The summed E-state index contributed by atoms with van der Waals surface area (Å²) in [5, 5.41) is 2.65. The Morgan fingerprint density at radius 2 is 1.79 bits per heavy atom. The van der Waals surface area contributed by atoms with Crippen LogP contribution >= 0.6 is 0 Å². The first kappa shape index (κ1) is 20.0. The van der Waals surface area contributed by atoms with E-state index in [1.54, 1.807) is 7.05 Å². The normalized spacial score (nSPS) is 21.0. The van der Waals surface area contributed by atoms with Gasteiger partial charge >= 0.3 is 0 Å². The number of benzene rings is 1. The van der Waals surface area contributed by atoms with Crippen molar-refractivity contribution in [1.29, 1.82) is 0 Å².